The Bertz CT molecular complexity index is 2200. The standard InChI is InChI=1S/C44H48N6O8/c1-48(25-28-12-6-3-7-13-28)36(22-27-10-4-2-5-11-27)42(56)47-41(55)33(23-30-26-49(38(52)20-21-39(53)54)35-15-9-8-14-32(30)35)45-37(51)24-34-44(58)50-31-18-16-29(17-19-31)40(50)43(57)46-34/h2-15,26,29,31,33-34,36,40H,16-25H2,1H3,(H,45,51)(H,46,57)(H,53,54)(H,47,55,56)/p-1. The molecule has 58 heavy (non-hydrogen) atoms. The van der Waals surface area contributed by atoms with Crippen LogP contribution in [-0.4, -0.2) is 93.0 Å². The van der Waals surface area contributed by atoms with Crippen LogP contribution >= 0.6 is 0 Å². The highest BCUT2D eigenvalue weighted by Gasteiger charge is 2.52. The average molecular weight is 788 g/mol. The molecule has 5 amide bonds. The first-order valence-electron chi connectivity index (χ1n) is 19.8. The van der Waals surface area contributed by atoms with E-state index in [0.717, 1.165) is 36.8 Å². The number of aliphatic carboxylic acids is 1. The molecule has 1 aliphatic carbocycles. The summed E-state index contributed by atoms with van der Waals surface area (Å²) in [6.45, 7) is 0.409. The van der Waals surface area contributed by atoms with Gasteiger partial charge < -0.3 is 25.4 Å². The van der Waals surface area contributed by atoms with E-state index in [0.29, 0.717) is 23.0 Å². The number of fused-ring (bicyclic) bond motifs is 3. The van der Waals surface area contributed by atoms with E-state index in [9.17, 15) is 38.7 Å². The third kappa shape index (κ3) is 8.86. The van der Waals surface area contributed by atoms with Crippen molar-refractivity contribution in [2.75, 3.05) is 7.05 Å². The van der Waals surface area contributed by atoms with Crippen molar-refractivity contribution in [3.63, 3.8) is 0 Å². The van der Waals surface area contributed by atoms with Gasteiger partial charge in [0.15, 0.2) is 0 Å². The number of piperidine rings is 2. The Morgan fingerprint density at radius 1 is 0.828 bits per heavy atom. The number of carboxylic acid groups (broad SMARTS) is 1. The van der Waals surface area contributed by atoms with E-state index in [-0.39, 0.29) is 43.0 Å². The van der Waals surface area contributed by atoms with Crippen molar-refractivity contribution in [1.29, 1.82) is 0 Å². The molecule has 14 nitrogen and oxygen atoms in total. The lowest BCUT2D eigenvalue weighted by Crippen LogP contribution is -2.71. The van der Waals surface area contributed by atoms with E-state index in [2.05, 4.69) is 16.0 Å². The van der Waals surface area contributed by atoms with Gasteiger partial charge in [0, 0.05) is 43.0 Å². The number of piperazine rings is 1. The molecule has 14 heteroatoms. The third-order valence-electron chi connectivity index (χ3n) is 11.7. The summed E-state index contributed by atoms with van der Waals surface area (Å²) in [5.41, 5.74) is 2.78. The Hall–Kier alpha value is -6.15. The highest BCUT2D eigenvalue weighted by Crippen LogP contribution is 2.41. The smallest absolute Gasteiger partial charge is 0.249 e. The second kappa shape index (κ2) is 17.6. The summed E-state index contributed by atoms with van der Waals surface area (Å²) in [4.78, 5) is 97.2. The van der Waals surface area contributed by atoms with Gasteiger partial charge >= 0.3 is 0 Å². The summed E-state index contributed by atoms with van der Waals surface area (Å²) in [7, 11) is 1.80. The molecule has 0 radical (unpaired) electrons. The third-order valence-corrected chi connectivity index (χ3v) is 11.7. The first kappa shape index (κ1) is 40.1. The lowest BCUT2D eigenvalue weighted by molar-refractivity contribution is -0.305. The van der Waals surface area contributed by atoms with E-state index in [1.165, 1.54) is 10.8 Å². The van der Waals surface area contributed by atoms with Crippen molar-refractivity contribution in [3.05, 3.63) is 108 Å². The van der Waals surface area contributed by atoms with Gasteiger partial charge in [-0.2, -0.15) is 0 Å². The molecule has 302 valence electrons. The minimum atomic E-state index is -1.37. The van der Waals surface area contributed by atoms with Crippen molar-refractivity contribution in [2.24, 2.45) is 5.92 Å². The van der Waals surface area contributed by atoms with Gasteiger partial charge in [-0.3, -0.25) is 43.6 Å². The van der Waals surface area contributed by atoms with Crippen LogP contribution in [0.2, 0.25) is 0 Å². The van der Waals surface area contributed by atoms with Crippen molar-refractivity contribution >= 4 is 52.3 Å². The summed E-state index contributed by atoms with van der Waals surface area (Å²) in [5.74, 6) is -4.49. The summed E-state index contributed by atoms with van der Waals surface area (Å²) < 4.78 is 1.31. The van der Waals surface area contributed by atoms with Gasteiger partial charge in [0.1, 0.15) is 18.1 Å². The number of carbonyl (C=O) groups is 7. The molecule has 4 aromatic rings. The van der Waals surface area contributed by atoms with E-state index in [4.69, 9.17) is 0 Å². The number of carboxylic acids is 1. The summed E-state index contributed by atoms with van der Waals surface area (Å²) >= 11 is 0. The fraction of sp³-hybridized carbons (Fsp3) is 0.386. The van der Waals surface area contributed by atoms with Crippen LogP contribution < -0.4 is 21.1 Å². The number of para-hydroxylation sites is 1. The number of benzene rings is 3. The van der Waals surface area contributed by atoms with Crippen LogP contribution in [0.5, 0.6) is 0 Å². The van der Waals surface area contributed by atoms with Crippen molar-refractivity contribution in [1.82, 2.24) is 30.3 Å². The molecule has 1 saturated carbocycles. The number of imide groups is 1. The maximum Gasteiger partial charge on any atom is 0.249 e. The molecule has 0 spiro atoms. The topological polar surface area (TPSA) is 190 Å². The Labute approximate surface area is 335 Å². The molecule has 1 aromatic heterocycles. The number of nitrogens with one attached hydrogen (secondary N) is 3. The Kier molecular flexibility index (Phi) is 12.1. The van der Waals surface area contributed by atoms with Crippen molar-refractivity contribution in [2.45, 2.75) is 94.5 Å². The van der Waals surface area contributed by atoms with Crippen LogP contribution in [0.1, 0.15) is 66.4 Å². The highest BCUT2D eigenvalue weighted by molar-refractivity contribution is 6.03. The van der Waals surface area contributed by atoms with Gasteiger partial charge in [-0.15, -0.1) is 0 Å². The van der Waals surface area contributed by atoms with Gasteiger partial charge in [-0.1, -0.05) is 78.9 Å². The average Bonchev–Trinajstić information content (AvgIpc) is 3.59. The van der Waals surface area contributed by atoms with E-state index >= 15 is 0 Å². The molecule has 4 atom stereocenters. The maximum atomic E-state index is 14.3. The number of likely N-dealkylation sites (N-methyl/N-ethyl adjacent to an activating group) is 1. The van der Waals surface area contributed by atoms with Gasteiger partial charge in [0.2, 0.25) is 35.4 Å². The molecule has 3 saturated heterocycles. The Morgan fingerprint density at radius 3 is 2.17 bits per heavy atom. The lowest BCUT2D eigenvalue weighted by Gasteiger charge is -2.53. The SMILES string of the molecule is CN(Cc1ccccc1)C(Cc1ccccc1)C(=O)NC(=O)C(Cc1cn(C(=O)CCC(=O)[O-])c2ccccc12)NC(=O)CC1NC(=O)C2C3CCC(CC3)N2C1=O. The molecule has 3 N–H and O–H groups in total. The van der Waals surface area contributed by atoms with Crippen molar-refractivity contribution in [3.8, 4) is 0 Å². The van der Waals surface area contributed by atoms with E-state index < -0.39 is 66.6 Å². The summed E-state index contributed by atoms with van der Waals surface area (Å²) in [5, 5.41) is 19.8. The molecule has 4 unspecified atom stereocenters. The molecule has 2 bridgehead atoms. The second-order valence-electron chi connectivity index (χ2n) is 15.6. The molecule has 3 aromatic carbocycles. The highest BCUT2D eigenvalue weighted by atomic mass is 16.4. The number of hydrogen-bond donors (Lipinski definition) is 3. The van der Waals surface area contributed by atoms with Crippen LogP contribution in [0.25, 0.3) is 10.9 Å². The second-order valence-corrected chi connectivity index (χ2v) is 15.6. The number of nitrogens with zero attached hydrogens (tertiary/aromatic N) is 3. The predicted octanol–water partition coefficient (Wildman–Crippen LogP) is 1.88. The lowest BCUT2D eigenvalue weighted by atomic mass is 9.73. The van der Waals surface area contributed by atoms with E-state index in [1.54, 1.807) is 36.2 Å². The van der Waals surface area contributed by atoms with Crippen LogP contribution in [0.4, 0.5) is 0 Å². The quantitative estimate of drug-likeness (QED) is 0.162. The van der Waals surface area contributed by atoms with Gasteiger partial charge in [-0.25, -0.2) is 0 Å². The Morgan fingerprint density at radius 2 is 1.48 bits per heavy atom. The van der Waals surface area contributed by atoms with Crippen LogP contribution in [0.3, 0.4) is 0 Å². The first-order valence-corrected chi connectivity index (χ1v) is 19.8. The van der Waals surface area contributed by atoms with Gasteiger partial charge in [0.25, 0.3) is 0 Å². The minimum absolute atomic E-state index is 0.0562. The number of carbonyl (C=O) groups excluding carboxylic acids is 7. The van der Waals surface area contributed by atoms with Crippen molar-refractivity contribution < 1.29 is 38.7 Å². The fourth-order valence-corrected chi connectivity index (χ4v) is 8.82. The minimum Gasteiger partial charge on any atom is -0.550 e. The van der Waals surface area contributed by atoms with Gasteiger partial charge in [0.05, 0.1) is 18.0 Å². The monoisotopic (exact) mass is 787 g/mol. The zero-order valence-corrected chi connectivity index (χ0v) is 32.3. The largest absolute Gasteiger partial charge is 0.550 e. The number of aromatic nitrogens is 1. The summed E-state index contributed by atoms with van der Waals surface area (Å²) in [6.07, 6.45) is 3.75. The number of amides is 5. The molecule has 4 heterocycles. The van der Waals surface area contributed by atoms with Crippen LogP contribution in [0.15, 0.2) is 91.1 Å². The molecule has 4 aliphatic rings. The maximum absolute atomic E-state index is 14.3. The normalized spacial score (nSPS) is 20.9. The zero-order chi connectivity index (χ0) is 40.9. The molecule has 4 fully saturated rings. The summed E-state index contributed by atoms with van der Waals surface area (Å²) in [6, 6.07) is 22.0. The fourth-order valence-electron chi connectivity index (χ4n) is 8.82. The zero-order valence-electron chi connectivity index (χ0n) is 32.3. The number of hydrogen-bond acceptors (Lipinski definition) is 9. The molecular weight excluding hydrogens is 741 g/mol. The first-order chi connectivity index (χ1) is 28.0. The number of rotatable bonds is 15. The molecule has 3 aliphatic heterocycles. The van der Waals surface area contributed by atoms with Gasteiger partial charge in [-0.05, 0) is 74.2 Å². The van der Waals surface area contributed by atoms with Crippen LogP contribution in [-0.2, 0) is 48.2 Å². The van der Waals surface area contributed by atoms with Crippen LogP contribution in [0, 0.1) is 5.92 Å². The molecule has 8 rings (SSSR count). The Balaban J connectivity index is 1.14. The molecular formula is C44H47N6O8-. The van der Waals surface area contributed by atoms with E-state index in [1.807, 2.05) is 65.6 Å². The predicted molar refractivity (Wildman–Crippen MR) is 210 cm³/mol.